The van der Waals surface area contributed by atoms with Crippen LogP contribution in [0.5, 0.6) is 0 Å². The van der Waals surface area contributed by atoms with Crippen LogP contribution in [0, 0.1) is 6.92 Å². The van der Waals surface area contributed by atoms with Crippen molar-refractivity contribution in [1.29, 1.82) is 0 Å². The highest BCUT2D eigenvalue weighted by molar-refractivity contribution is 7.10. The quantitative estimate of drug-likeness (QED) is 0.914. The van der Waals surface area contributed by atoms with E-state index in [1.165, 1.54) is 0 Å². The molecule has 16 heavy (non-hydrogen) atoms. The molecule has 0 fully saturated rings. The van der Waals surface area contributed by atoms with Gasteiger partial charge in [0.2, 0.25) is 0 Å². The smallest absolute Gasteiger partial charge is 0.0714 e. The summed E-state index contributed by atoms with van der Waals surface area (Å²) in [5.41, 5.74) is 2.26. The molecule has 86 valence electrons. The fraction of sp³-hybridized carbons (Fsp3) is 0.364. The van der Waals surface area contributed by atoms with Crippen LogP contribution in [0.15, 0.2) is 17.8 Å². The first-order valence-corrected chi connectivity index (χ1v) is 6.28. The Hall–Kier alpha value is -0.840. The second-order valence-corrected chi connectivity index (χ2v) is 5.06. The average Bonchev–Trinajstić information content (AvgIpc) is 2.81. The van der Waals surface area contributed by atoms with Crippen molar-refractivity contribution in [3.63, 3.8) is 0 Å². The fourth-order valence-electron chi connectivity index (χ4n) is 1.68. The average molecular weight is 256 g/mol. The zero-order valence-corrected chi connectivity index (χ0v) is 11.1. The number of aryl methyl sites for hydroxylation is 2. The second-order valence-electron chi connectivity index (χ2n) is 3.77. The van der Waals surface area contributed by atoms with E-state index >= 15 is 0 Å². The fourth-order valence-corrected chi connectivity index (χ4v) is 3.12. The lowest BCUT2D eigenvalue weighted by molar-refractivity contribution is 0.701. The van der Waals surface area contributed by atoms with Gasteiger partial charge in [0.15, 0.2) is 0 Å². The molecular weight excluding hydrogens is 242 g/mol. The molecule has 0 aliphatic carbocycles. The van der Waals surface area contributed by atoms with Gasteiger partial charge in [0.25, 0.3) is 0 Å². The van der Waals surface area contributed by atoms with Crippen molar-refractivity contribution in [3.05, 3.63) is 38.8 Å². The highest BCUT2D eigenvalue weighted by Crippen LogP contribution is 2.35. The van der Waals surface area contributed by atoms with E-state index in [4.69, 9.17) is 11.6 Å². The summed E-state index contributed by atoms with van der Waals surface area (Å²) in [6.07, 6.45) is 3.87. The van der Waals surface area contributed by atoms with E-state index in [1.807, 2.05) is 33.4 Å². The van der Waals surface area contributed by atoms with Gasteiger partial charge in [-0.3, -0.25) is 4.68 Å². The predicted octanol–water partition coefficient (Wildman–Crippen LogP) is 2.75. The SMILES string of the molecule is CNC(c1cnn(C)c1)c1scc(C)c1Cl. The van der Waals surface area contributed by atoms with Gasteiger partial charge < -0.3 is 5.32 Å². The number of hydrogen-bond donors (Lipinski definition) is 1. The molecule has 0 aliphatic heterocycles. The summed E-state index contributed by atoms with van der Waals surface area (Å²) in [6, 6.07) is 0.125. The maximum Gasteiger partial charge on any atom is 0.0714 e. The minimum Gasteiger partial charge on any atom is -0.309 e. The Morgan fingerprint density at radius 2 is 2.31 bits per heavy atom. The summed E-state index contributed by atoms with van der Waals surface area (Å²) in [4.78, 5) is 1.15. The third-order valence-corrected chi connectivity index (χ3v) is 4.31. The number of rotatable bonds is 3. The molecule has 2 heterocycles. The lowest BCUT2D eigenvalue weighted by Crippen LogP contribution is -2.16. The summed E-state index contributed by atoms with van der Waals surface area (Å²) < 4.78 is 1.80. The van der Waals surface area contributed by atoms with Crippen LogP contribution in [0.1, 0.15) is 22.0 Å². The molecule has 0 spiro atoms. The van der Waals surface area contributed by atoms with Gasteiger partial charge in [0.05, 0.1) is 17.3 Å². The summed E-state index contributed by atoms with van der Waals surface area (Å²) in [5.74, 6) is 0. The van der Waals surface area contributed by atoms with Crippen molar-refractivity contribution in [1.82, 2.24) is 15.1 Å². The zero-order chi connectivity index (χ0) is 11.7. The predicted molar refractivity (Wildman–Crippen MR) is 68.2 cm³/mol. The third kappa shape index (κ3) is 2.00. The molecule has 0 saturated heterocycles. The second kappa shape index (κ2) is 4.57. The number of nitrogens with zero attached hydrogens (tertiary/aromatic N) is 2. The Kier molecular flexibility index (Phi) is 3.33. The standard InChI is InChI=1S/C11H14ClN3S/c1-7-6-16-11(9(7)12)10(13-2)8-4-14-15(3)5-8/h4-6,10,13H,1-3H3. The van der Waals surface area contributed by atoms with Gasteiger partial charge in [-0.1, -0.05) is 11.6 Å². The molecule has 1 unspecified atom stereocenters. The number of hydrogen-bond acceptors (Lipinski definition) is 3. The highest BCUT2D eigenvalue weighted by atomic mass is 35.5. The van der Waals surface area contributed by atoms with Gasteiger partial charge in [-0.25, -0.2) is 0 Å². The van der Waals surface area contributed by atoms with E-state index in [0.717, 1.165) is 21.0 Å². The first-order chi connectivity index (χ1) is 7.63. The molecule has 3 nitrogen and oxygen atoms in total. The Balaban J connectivity index is 2.40. The van der Waals surface area contributed by atoms with Crippen molar-refractivity contribution >= 4 is 22.9 Å². The molecule has 2 aromatic heterocycles. The molecule has 0 amide bonds. The zero-order valence-electron chi connectivity index (χ0n) is 9.49. The van der Waals surface area contributed by atoms with Crippen molar-refractivity contribution in [2.75, 3.05) is 7.05 Å². The maximum absolute atomic E-state index is 6.28. The van der Waals surface area contributed by atoms with E-state index in [9.17, 15) is 0 Å². The molecule has 1 N–H and O–H groups in total. The molecule has 0 radical (unpaired) electrons. The van der Waals surface area contributed by atoms with Crippen molar-refractivity contribution < 1.29 is 0 Å². The molecular formula is C11H14ClN3S. The molecule has 2 rings (SSSR count). The van der Waals surface area contributed by atoms with Crippen molar-refractivity contribution in [2.24, 2.45) is 7.05 Å². The van der Waals surface area contributed by atoms with Crippen molar-refractivity contribution in [3.8, 4) is 0 Å². The Labute approximate surface area is 104 Å². The molecule has 0 aliphatic rings. The van der Waals surface area contributed by atoms with Crippen LogP contribution >= 0.6 is 22.9 Å². The normalized spacial score (nSPS) is 13.0. The molecule has 0 aromatic carbocycles. The van der Waals surface area contributed by atoms with Gasteiger partial charge in [0, 0.05) is 23.7 Å². The lowest BCUT2D eigenvalue weighted by atomic mass is 10.1. The summed E-state index contributed by atoms with van der Waals surface area (Å²) in [5, 5.41) is 10.4. The molecule has 1 atom stereocenters. The van der Waals surface area contributed by atoms with Crippen molar-refractivity contribution in [2.45, 2.75) is 13.0 Å². The van der Waals surface area contributed by atoms with E-state index < -0.39 is 0 Å². The maximum atomic E-state index is 6.28. The third-order valence-electron chi connectivity index (χ3n) is 2.53. The number of aromatic nitrogens is 2. The van der Waals surface area contributed by atoms with Gasteiger partial charge in [-0.05, 0) is 24.9 Å². The highest BCUT2D eigenvalue weighted by Gasteiger charge is 2.19. The molecule has 0 bridgehead atoms. The number of thiophene rings is 1. The minimum atomic E-state index is 0.125. The van der Waals surface area contributed by atoms with Gasteiger partial charge >= 0.3 is 0 Å². The first kappa shape index (κ1) is 11.6. The van der Waals surface area contributed by atoms with E-state index in [-0.39, 0.29) is 6.04 Å². The summed E-state index contributed by atoms with van der Waals surface area (Å²) in [7, 11) is 3.85. The van der Waals surface area contributed by atoms with E-state index in [1.54, 1.807) is 16.0 Å². The lowest BCUT2D eigenvalue weighted by Gasteiger charge is -2.13. The number of halogens is 1. The Morgan fingerprint density at radius 1 is 1.56 bits per heavy atom. The van der Waals surface area contributed by atoms with Gasteiger partial charge in [-0.2, -0.15) is 5.10 Å². The van der Waals surface area contributed by atoms with Crippen LogP contribution in [0.25, 0.3) is 0 Å². The monoisotopic (exact) mass is 255 g/mol. The van der Waals surface area contributed by atoms with E-state index in [2.05, 4.69) is 15.8 Å². The van der Waals surface area contributed by atoms with Crippen LogP contribution in [-0.2, 0) is 7.05 Å². The Morgan fingerprint density at radius 3 is 2.75 bits per heavy atom. The summed E-state index contributed by atoms with van der Waals surface area (Å²) >= 11 is 7.96. The molecule has 2 aromatic rings. The van der Waals surface area contributed by atoms with Crippen LogP contribution < -0.4 is 5.32 Å². The molecule has 0 saturated carbocycles. The van der Waals surface area contributed by atoms with Gasteiger partial charge in [-0.15, -0.1) is 11.3 Å². The first-order valence-electron chi connectivity index (χ1n) is 5.02. The molecule has 5 heteroatoms. The minimum absolute atomic E-state index is 0.125. The Bertz CT molecular complexity index is 489. The number of nitrogens with one attached hydrogen (secondary N) is 1. The van der Waals surface area contributed by atoms with Crippen LogP contribution in [0.2, 0.25) is 5.02 Å². The largest absolute Gasteiger partial charge is 0.309 e. The van der Waals surface area contributed by atoms with Gasteiger partial charge in [0.1, 0.15) is 0 Å². The van der Waals surface area contributed by atoms with E-state index in [0.29, 0.717) is 0 Å². The summed E-state index contributed by atoms with van der Waals surface area (Å²) in [6.45, 7) is 2.03. The van der Waals surface area contributed by atoms with Crippen LogP contribution in [-0.4, -0.2) is 16.8 Å². The topological polar surface area (TPSA) is 29.9 Å². The van der Waals surface area contributed by atoms with Crippen LogP contribution in [0.3, 0.4) is 0 Å². The van der Waals surface area contributed by atoms with Crippen LogP contribution in [0.4, 0.5) is 0 Å².